The van der Waals surface area contributed by atoms with E-state index < -0.39 is 0 Å². The van der Waals surface area contributed by atoms with Gasteiger partial charge in [0, 0.05) is 12.1 Å². The zero-order valence-corrected chi connectivity index (χ0v) is 12.9. The van der Waals surface area contributed by atoms with Crippen LogP contribution in [0, 0.1) is 11.8 Å². The molecular formula is C17H30N2O. The first-order chi connectivity index (χ1) is 9.76. The third-order valence-electron chi connectivity index (χ3n) is 5.89. The van der Waals surface area contributed by atoms with Gasteiger partial charge in [0.2, 0.25) is 5.91 Å². The molecule has 1 amide bonds. The molecule has 3 heteroatoms. The van der Waals surface area contributed by atoms with Gasteiger partial charge in [0.1, 0.15) is 0 Å². The van der Waals surface area contributed by atoms with Crippen LogP contribution in [0.25, 0.3) is 0 Å². The van der Waals surface area contributed by atoms with Crippen LogP contribution in [0.1, 0.15) is 71.1 Å². The molecule has 5 atom stereocenters. The summed E-state index contributed by atoms with van der Waals surface area (Å²) >= 11 is 0. The standard InChI is InChI=1S/C17H30N2O/c1-2-12-6-5-8-14(10-12)18-17(20)16-11-13-7-3-4-9-15(13)19-16/h12-16,19H,2-11H2,1H3,(H,18,20). The van der Waals surface area contributed by atoms with Crippen molar-refractivity contribution in [3.8, 4) is 0 Å². The Balaban J connectivity index is 1.49. The molecule has 1 aliphatic heterocycles. The molecule has 0 bridgehead atoms. The van der Waals surface area contributed by atoms with Gasteiger partial charge in [-0.1, -0.05) is 39.0 Å². The van der Waals surface area contributed by atoms with Gasteiger partial charge in [-0.15, -0.1) is 0 Å². The van der Waals surface area contributed by atoms with Crippen LogP contribution in [0.15, 0.2) is 0 Å². The molecule has 0 radical (unpaired) electrons. The molecule has 3 aliphatic rings. The highest BCUT2D eigenvalue weighted by molar-refractivity contribution is 5.82. The van der Waals surface area contributed by atoms with Crippen molar-refractivity contribution in [2.24, 2.45) is 11.8 Å². The summed E-state index contributed by atoms with van der Waals surface area (Å²) in [6.45, 7) is 2.28. The van der Waals surface area contributed by atoms with Crippen molar-refractivity contribution >= 4 is 5.91 Å². The Bertz CT molecular complexity index is 330. The molecule has 5 unspecified atom stereocenters. The van der Waals surface area contributed by atoms with Gasteiger partial charge in [-0.2, -0.15) is 0 Å². The summed E-state index contributed by atoms with van der Waals surface area (Å²) in [5.41, 5.74) is 0. The van der Waals surface area contributed by atoms with E-state index in [1.165, 1.54) is 57.8 Å². The lowest BCUT2D eigenvalue weighted by atomic mass is 9.84. The van der Waals surface area contributed by atoms with E-state index in [-0.39, 0.29) is 11.9 Å². The Morgan fingerprint density at radius 2 is 1.95 bits per heavy atom. The number of rotatable bonds is 3. The van der Waals surface area contributed by atoms with Crippen LogP contribution in [0.2, 0.25) is 0 Å². The van der Waals surface area contributed by atoms with E-state index in [2.05, 4.69) is 17.6 Å². The lowest BCUT2D eigenvalue weighted by Gasteiger charge is -2.30. The molecule has 2 aliphatic carbocycles. The van der Waals surface area contributed by atoms with E-state index in [1.807, 2.05) is 0 Å². The average Bonchev–Trinajstić information content (AvgIpc) is 2.91. The van der Waals surface area contributed by atoms with Crippen LogP contribution in [0.3, 0.4) is 0 Å². The Labute approximate surface area is 123 Å². The highest BCUT2D eigenvalue weighted by Gasteiger charge is 2.38. The second-order valence-corrected chi connectivity index (χ2v) is 7.25. The van der Waals surface area contributed by atoms with E-state index in [9.17, 15) is 4.79 Å². The first kappa shape index (κ1) is 14.4. The number of carbonyl (C=O) groups is 1. The van der Waals surface area contributed by atoms with Crippen molar-refractivity contribution in [3.63, 3.8) is 0 Å². The Hall–Kier alpha value is -0.570. The second-order valence-electron chi connectivity index (χ2n) is 7.25. The fraction of sp³-hybridized carbons (Fsp3) is 0.941. The quantitative estimate of drug-likeness (QED) is 0.833. The second kappa shape index (κ2) is 6.46. The third-order valence-corrected chi connectivity index (χ3v) is 5.89. The minimum atomic E-state index is 0.0881. The van der Waals surface area contributed by atoms with Crippen LogP contribution < -0.4 is 10.6 Å². The van der Waals surface area contributed by atoms with Crippen molar-refractivity contribution in [2.45, 2.75) is 89.3 Å². The monoisotopic (exact) mass is 278 g/mol. The molecule has 114 valence electrons. The molecule has 2 saturated carbocycles. The first-order valence-electron chi connectivity index (χ1n) is 8.82. The zero-order valence-electron chi connectivity index (χ0n) is 12.9. The predicted molar refractivity (Wildman–Crippen MR) is 81.5 cm³/mol. The van der Waals surface area contributed by atoms with Gasteiger partial charge in [-0.3, -0.25) is 4.79 Å². The molecule has 1 saturated heterocycles. The van der Waals surface area contributed by atoms with Crippen molar-refractivity contribution < 1.29 is 4.79 Å². The van der Waals surface area contributed by atoms with E-state index in [0.29, 0.717) is 12.1 Å². The topological polar surface area (TPSA) is 41.1 Å². The summed E-state index contributed by atoms with van der Waals surface area (Å²) in [5.74, 6) is 1.86. The van der Waals surface area contributed by atoms with Gasteiger partial charge in [0.15, 0.2) is 0 Å². The Morgan fingerprint density at radius 3 is 2.75 bits per heavy atom. The molecule has 0 aromatic carbocycles. The highest BCUT2D eigenvalue weighted by Crippen LogP contribution is 2.33. The first-order valence-corrected chi connectivity index (χ1v) is 8.82. The van der Waals surface area contributed by atoms with Crippen molar-refractivity contribution in [1.82, 2.24) is 10.6 Å². The molecule has 3 nitrogen and oxygen atoms in total. The fourth-order valence-electron chi connectivity index (χ4n) is 4.62. The van der Waals surface area contributed by atoms with Gasteiger partial charge in [0.05, 0.1) is 6.04 Å². The van der Waals surface area contributed by atoms with E-state index in [1.54, 1.807) is 0 Å². The van der Waals surface area contributed by atoms with E-state index >= 15 is 0 Å². The number of hydrogen-bond acceptors (Lipinski definition) is 2. The summed E-state index contributed by atoms with van der Waals surface area (Å²) in [6, 6.07) is 1.14. The molecule has 3 fully saturated rings. The Kier molecular flexibility index (Phi) is 4.65. The van der Waals surface area contributed by atoms with Crippen LogP contribution >= 0.6 is 0 Å². The predicted octanol–water partition coefficient (Wildman–Crippen LogP) is 2.99. The van der Waals surface area contributed by atoms with Gasteiger partial charge in [0.25, 0.3) is 0 Å². The summed E-state index contributed by atoms with van der Waals surface area (Å²) in [6.07, 6.45) is 12.6. The minimum Gasteiger partial charge on any atom is -0.352 e. The number of hydrogen-bond donors (Lipinski definition) is 2. The molecule has 0 aromatic rings. The smallest absolute Gasteiger partial charge is 0.237 e. The number of carbonyl (C=O) groups excluding carboxylic acids is 1. The number of nitrogens with one attached hydrogen (secondary N) is 2. The molecule has 0 spiro atoms. The number of fused-ring (bicyclic) bond motifs is 1. The summed E-state index contributed by atoms with van der Waals surface area (Å²) < 4.78 is 0. The van der Waals surface area contributed by atoms with E-state index in [0.717, 1.165) is 18.3 Å². The van der Waals surface area contributed by atoms with Gasteiger partial charge >= 0.3 is 0 Å². The third kappa shape index (κ3) is 3.19. The highest BCUT2D eigenvalue weighted by atomic mass is 16.2. The lowest BCUT2D eigenvalue weighted by molar-refractivity contribution is -0.123. The molecule has 1 heterocycles. The minimum absolute atomic E-state index is 0.0881. The van der Waals surface area contributed by atoms with Crippen LogP contribution in [-0.2, 0) is 4.79 Å². The maximum absolute atomic E-state index is 12.5. The van der Waals surface area contributed by atoms with Crippen LogP contribution in [-0.4, -0.2) is 24.0 Å². The van der Waals surface area contributed by atoms with Crippen molar-refractivity contribution in [1.29, 1.82) is 0 Å². The van der Waals surface area contributed by atoms with Gasteiger partial charge < -0.3 is 10.6 Å². The molecular weight excluding hydrogens is 248 g/mol. The molecule has 20 heavy (non-hydrogen) atoms. The SMILES string of the molecule is CCC1CCCC(NC(=O)C2CC3CCCCC3N2)C1. The maximum Gasteiger partial charge on any atom is 0.237 e. The molecule has 0 aromatic heterocycles. The summed E-state index contributed by atoms with van der Waals surface area (Å²) in [7, 11) is 0. The van der Waals surface area contributed by atoms with Crippen molar-refractivity contribution in [3.05, 3.63) is 0 Å². The summed E-state index contributed by atoms with van der Waals surface area (Å²) in [4.78, 5) is 12.5. The fourth-order valence-corrected chi connectivity index (χ4v) is 4.62. The summed E-state index contributed by atoms with van der Waals surface area (Å²) in [5, 5.41) is 6.93. The van der Waals surface area contributed by atoms with Gasteiger partial charge in [-0.25, -0.2) is 0 Å². The lowest BCUT2D eigenvalue weighted by Crippen LogP contribution is -2.47. The van der Waals surface area contributed by atoms with Crippen LogP contribution in [0.4, 0.5) is 0 Å². The van der Waals surface area contributed by atoms with E-state index in [4.69, 9.17) is 0 Å². The van der Waals surface area contributed by atoms with Gasteiger partial charge in [-0.05, 0) is 43.9 Å². The maximum atomic E-state index is 12.5. The average molecular weight is 278 g/mol. The van der Waals surface area contributed by atoms with Crippen LogP contribution in [0.5, 0.6) is 0 Å². The number of amides is 1. The molecule has 2 N–H and O–H groups in total. The normalized spacial score (nSPS) is 41.1. The van der Waals surface area contributed by atoms with Crippen molar-refractivity contribution in [2.75, 3.05) is 0 Å². The molecule has 3 rings (SSSR count). The largest absolute Gasteiger partial charge is 0.352 e. The zero-order chi connectivity index (χ0) is 13.9. The Morgan fingerprint density at radius 1 is 1.10 bits per heavy atom.